The van der Waals surface area contributed by atoms with Crippen molar-refractivity contribution in [2.45, 2.75) is 77.4 Å². The molecule has 0 spiro atoms. The lowest BCUT2D eigenvalue weighted by molar-refractivity contribution is -0.152. The van der Waals surface area contributed by atoms with Crippen LogP contribution in [0.15, 0.2) is 29.3 Å². The zero-order valence-electron chi connectivity index (χ0n) is 19.4. The number of rotatable bonds is 3. The number of aromatic hydroxyl groups is 1. The van der Waals surface area contributed by atoms with Crippen LogP contribution in [0.5, 0.6) is 5.75 Å². The zero-order valence-corrected chi connectivity index (χ0v) is 19.4. The fourth-order valence-electron chi connectivity index (χ4n) is 8.13. The van der Waals surface area contributed by atoms with Crippen LogP contribution in [-0.2, 0) is 9.53 Å². The molecule has 0 radical (unpaired) electrons. The Morgan fingerprint density at radius 3 is 2.75 bits per heavy atom. The average molecular weight is 441 g/mol. The van der Waals surface area contributed by atoms with Crippen LogP contribution < -0.4 is 0 Å². The SMILES string of the molecule is CC1=C(CO)C(=O)O[C@@H]([C@@H](C)[C@H]2CC[C@H]3[C@@H]4C[C@@H](O)c5cccc(O)c5[C@H]4CC[C@]23C)C1. The van der Waals surface area contributed by atoms with Gasteiger partial charge in [0.15, 0.2) is 0 Å². The molecular formula is C27H36O5. The lowest BCUT2D eigenvalue weighted by Gasteiger charge is -2.53. The van der Waals surface area contributed by atoms with E-state index in [0.29, 0.717) is 41.4 Å². The molecule has 1 heterocycles. The minimum absolute atomic E-state index is 0.141. The van der Waals surface area contributed by atoms with Gasteiger partial charge in [0.05, 0.1) is 18.3 Å². The molecule has 0 aromatic heterocycles. The summed E-state index contributed by atoms with van der Waals surface area (Å²) in [4.78, 5) is 12.4. The van der Waals surface area contributed by atoms with E-state index in [2.05, 4.69) is 13.8 Å². The van der Waals surface area contributed by atoms with E-state index in [0.717, 1.165) is 48.8 Å². The molecule has 8 atom stereocenters. The second-order valence-electron chi connectivity index (χ2n) is 11.1. The van der Waals surface area contributed by atoms with E-state index >= 15 is 0 Å². The molecule has 0 bridgehead atoms. The monoisotopic (exact) mass is 440 g/mol. The fraction of sp³-hybridized carbons (Fsp3) is 0.667. The average Bonchev–Trinajstić information content (AvgIpc) is 3.11. The number of carbonyl (C=O) groups is 1. The molecule has 1 aliphatic heterocycles. The van der Waals surface area contributed by atoms with Gasteiger partial charge >= 0.3 is 5.97 Å². The van der Waals surface area contributed by atoms with Gasteiger partial charge in [0.1, 0.15) is 11.9 Å². The number of benzene rings is 1. The maximum atomic E-state index is 12.4. The zero-order chi connectivity index (χ0) is 22.8. The van der Waals surface area contributed by atoms with Crippen LogP contribution in [0.4, 0.5) is 0 Å². The summed E-state index contributed by atoms with van der Waals surface area (Å²) in [5.74, 6) is 1.86. The van der Waals surface area contributed by atoms with E-state index < -0.39 is 6.10 Å². The predicted molar refractivity (Wildman–Crippen MR) is 121 cm³/mol. The third-order valence-corrected chi connectivity index (χ3v) is 9.76. The first-order valence-corrected chi connectivity index (χ1v) is 12.3. The van der Waals surface area contributed by atoms with E-state index in [-0.39, 0.29) is 30.0 Å². The lowest BCUT2D eigenvalue weighted by Crippen LogP contribution is -2.46. The number of cyclic esters (lactones) is 1. The molecule has 1 aromatic carbocycles. The first-order valence-electron chi connectivity index (χ1n) is 12.3. The molecule has 0 unspecified atom stereocenters. The Bertz CT molecular complexity index is 951. The Labute approximate surface area is 190 Å². The van der Waals surface area contributed by atoms with Gasteiger partial charge < -0.3 is 20.1 Å². The first-order chi connectivity index (χ1) is 15.3. The van der Waals surface area contributed by atoms with Gasteiger partial charge in [-0.3, -0.25) is 0 Å². The quantitative estimate of drug-likeness (QED) is 0.597. The first kappa shape index (κ1) is 22.0. The summed E-state index contributed by atoms with van der Waals surface area (Å²) in [6, 6.07) is 5.56. The van der Waals surface area contributed by atoms with E-state index in [9.17, 15) is 20.1 Å². The summed E-state index contributed by atoms with van der Waals surface area (Å²) in [5, 5.41) is 31.0. The summed E-state index contributed by atoms with van der Waals surface area (Å²) in [7, 11) is 0. The Morgan fingerprint density at radius 1 is 1.25 bits per heavy atom. The smallest absolute Gasteiger partial charge is 0.336 e. The van der Waals surface area contributed by atoms with Gasteiger partial charge in [0.2, 0.25) is 0 Å². The van der Waals surface area contributed by atoms with E-state index in [1.54, 1.807) is 6.07 Å². The van der Waals surface area contributed by atoms with Crippen molar-refractivity contribution in [3.8, 4) is 5.75 Å². The maximum Gasteiger partial charge on any atom is 0.336 e. The Balaban J connectivity index is 1.40. The molecule has 0 saturated heterocycles. The third-order valence-electron chi connectivity index (χ3n) is 9.76. The number of aliphatic hydroxyl groups excluding tert-OH is 2. The summed E-state index contributed by atoms with van der Waals surface area (Å²) < 4.78 is 5.82. The second-order valence-corrected chi connectivity index (χ2v) is 11.1. The number of hydrogen-bond donors (Lipinski definition) is 3. The standard InChI is InChI=1S/C27H36O5/c1-14-11-24(32-26(31)19(14)13-28)15(2)20-7-8-21-18-12-23(30)17-5-4-6-22(29)25(17)16(18)9-10-27(20,21)3/h4-6,15-16,18,20-21,23-24,28-30H,7-13H2,1-3H3/t15-,16-,18+,20+,21-,23+,24+,27+/m0/s1. The normalized spacial score (nSPS) is 39.7. The van der Waals surface area contributed by atoms with Crippen molar-refractivity contribution in [3.63, 3.8) is 0 Å². The summed E-state index contributed by atoms with van der Waals surface area (Å²) >= 11 is 0. The molecule has 2 fully saturated rings. The maximum absolute atomic E-state index is 12.4. The topological polar surface area (TPSA) is 87.0 Å². The number of ether oxygens (including phenoxy) is 1. The van der Waals surface area contributed by atoms with Gasteiger partial charge in [-0.2, -0.15) is 0 Å². The van der Waals surface area contributed by atoms with Gasteiger partial charge in [0, 0.05) is 12.0 Å². The highest BCUT2D eigenvalue weighted by Gasteiger charge is 2.57. The fourth-order valence-corrected chi connectivity index (χ4v) is 8.13. The van der Waals surface area contributed by atoms with Crippen molar-refractivity contribution in [2.24, 2.45) is 29.1 Å². The summed E-state index contributed by atoms with van der Waals surface area (Å²) in [6.07, 6.45) is 5.16. The highest BCUT2D eigenvalue weighted by Crippen LogP contribution is 2.66. The summed E-state index contributed by atoms with van der Waals surface area (Å²) in [6.45, 7) is 6.33. The van der Waals surface area contributed by atoms with Crippen LogP contribution in [0.25, 0.3) is 0 Å². The van der Waals surface area contributed by atoms with Gasteiger partial charge in [-0.05, 0) is 85.7 Å². The largest absolute Gasteiger partial charge is 0.508 e. The lowest BCUT2D eigenvalue weighted by atomic mass is 9.52. The van der Waals surface area contributed by atoms with Crippen LogP contribution in [0.1, 0.15) is 82.4 Å². The number of phenolic OH excluding ortho intramolecular Hbond substituents is 1. The van der Waals surface area contributed by atoms with Crippen LogP contribution in [0, 0.1) is 29.1 Å². The molecule has 32 heavy (non-hydrogen) atoms. The van der Waals surface area contributed by atoms with E-state index in [1.807, 2.05) is 19.1 Å². The van der Waals surface area contributed by atoms with Crippen LogP contribution in [-0.4, -0.2) is 34.0 Å². The molecule has 174 valence electrons. The van der Waals surface area contributed by atoms with Gasteiger partial charge in [-0.25, -0.2) is 4.79 Å². The van der Waals surface area contributed by atoms with Crippen LogP contribution in [0.2, 0.25) is 0 Å². The van der Waals surface area contributed by atoms with Gasteiger partial charge in [0.25, 0.3) is 0 Å². The molecule has 0 amide bonds. The van der Waals surface area contributed by atoms with Crippen molar-refractivity contribution in [3.05, 3.63) is 40.5 Å². The van der Waals surface area contributed by atoms with Crippen molar-refractivity contribution in [1.29, 1.82) is 0 Å². The van der Waals surface area contributed by atoms with Crippen molar-refractivity contribution in [1.82, 2.24) is 0 Å². The molecule has 5 rings (SSSR count). The molecule has 5 heteroatoms. The number of fused-ring (bicyclic) bond motifs is 5. The van der Waals surface area contributed by atoms with Crippen molar-refractivity contribution < 1.29 is 24.9 Å². The van der Waals surface area contributed by atoms with Crippen molar-refractivity contribution in [2.75, 3.05) is 6.61 Å². The Kier molecular flexibility index (Phi) is 5.41. The van der Waals surface area contributed by atoms with Gasteiger partial charge in [-0.15, -0.1) is 0 Å². The van der Waals surface area contributed by atoms with E-state index in [1.165, 1.54) is 0 Å². The number of carbonyl (C=O) groups excluding carboxylic acids is 1. The van der Waals surface area contributed by atoms with Crippen LogP contribution in [0.3, 0.4) is 0 Å². The third kappa shape index (κ3) is 3.15. The Morgan fingerprint density at radius 2 is 2.03 bits per heavy atom. The molecule has 2 saturated carbocycles. The number of esters is 1. The molecule has 5 nitrogen and oxygen atoms in total. The minimum Gasteiger partial charge on any atom is -0.508 e. The van der Waals surface area contributed by atoms with E-state index in [4.69, 9.17) is 4.74 Å². The predicted octanol–water partition coefficient (Wildman–Crippen LogP) is 4.62. The highest BCUT2D eigenvalue weighted by molar-refractivity contribution is 5.90. The molecule has 3 N–H and O–H groups in total. The molecular weight excluding hydrogens is 404 g/mol. The number of phenols is 1. The molecule has 3 aliphatic carbocycles. The number of hydrogen-bond acceptors (Lipinski definition) is 5. The van der Waals surface area contributed by atoms with Gasteiger partial charge in [-0.1, -0.05) is 31.6 Å². The minimum atomic E-state index is -0.513. The second kappa shape index (κ2) is 7.88. The van der Waals surface area contributed by atoms with Crippen LogP contribution >= 0.6 is 0 Å². The number of aliphatic hydroxyl groups is 2. The molecule has 4 aliphatic rings. The molecule has 1 aromatic rings. The Hall–Kier alpha value is -1.85. The van der Waals surface area contributed by atoms with Crippen molar-refractivity contribution >= 4 is 5.97 Å². The highest BCUT2D eigenvalue weighted by atomic mass is 16.5. The summed E-state index contributed by atoms with van der Waals surface area (Å²) in [5.41, 5.74) is 3.40.